The second-order valence-electron chi connectivity index (χ2n) is 5.02. The lowest BCUT2D eigenvalue weighted by Crippen LogP contribution is -2.44. The lowest BCUT2D eigenvalue weighted by molar-refractivity contribution is 0.234. The van der Waals surface area contributed by atoms with Gasteiger partial charge >= 0.3 is 6.03 Å². The molecule has 4 nitrogen and oxygen atoms in total. The molecule has 1 unspecified atom stereocenters. The zero-order valence-corrected chi connectivity index (χ0v) is 12.3. The molecule has 0 fully saturated rings. The first kappa shape index (κ1) is 15.1. The van der Waals surface area contributed by atoms with Crippen LogP contribution >= 0.6 is 0 Å². The van der Waals surface area contributed by atoms with E-state index in [-0.39, 0.29) is 12.2 Å². The Kier molecular flexibility index (Phi) is 4.95. The van der Waals surface area contributed by atoms with Crippen molar-refractivity contribution in [2.75, 3.05) is 19.4 Å². The summed E-state index contributed by atoms with van der Waals surface area (Å²) < 4.78 is 0. The van der Waals surface area contributed by atoms with Gasteiger partial charge in [0.15, 0.2) is 0 Å². The van der Waals surface area contributed by atoms with E-state index < -0.39 is 0 Å². The molecule has 0 saturated carbocycles. The maximum atomic E-state index is 11.8. The van der Waals surface area contributed by atoms with Crippen molar-refractivity contribution in [1.29, 1.82) is 0 Å². The van der Waals surface area contributed by atoms with Crippen molar-refractivity contribution in [3.63, 3.8) is 0 Å². The number of hydrogen-bond donors (Lipinski definition) is 2. The van der Waals surface area contributed by atoms with Gasteiger partial charge in [-0.05, 0) is 44.3 Å². The second-order valence-corrected chi connectivity index (χ2v) is 5.02. The van der Waals surface area contributed by atoms with Gasteiger partial charge in [-0.3, -0.25) is 4.90 Å². The van der Waals surface area contributed by atoms with Gasteiger partial charge in [-0.1, -0.05) is 42.5 Å². The molecule has 1 radical (unpaired) electrons. The first-order valence-corrected chi connectivity index (χ1v) is 6.79. The summed E-state index contributed by atoms with van der Waals surface area (Å²) in [7, 11) is 3.71. The number of carbonyl (C=O) groups excluding carboxylic acids is 1. The molecule has 2 rings (SSSR count). The number of amides is 2. The largest absolute Gasteiger partial charge is 0.322 e. The Bertz CT molecular complexity index is 579. The number of urea groups is 1. The fraction of sp³-hybridized carbons (Fsp3) is 0.176. The van der Waals surface area contributed by atoms with Crippen molar-refractivity contribution in [1.82, 2.24) is 10.2 Å². The maximum absolute atomic E-state index is 11.8. The molecular weight excluding hydrogens is 262 g/mol. The second kappa shape index (κ2) is 6.90. The SMILES string of the molecule is [CH2]C(NC(=O)Nc1ccc(-c2ccccc2)cc1)N(C)C. The average Bonchev–Trinajstić information content (AvgIpc) is 2.48. The fourth-order valence-corrected chi connectivity index (χ4v) is 1.82. The number of rotatable bonds is 4. The van der Waals surface area contributed by atoms with Crippen LogP contribution in [0.5, 0.6) is 0 Å². The van der Waals surface area contributed by atoms with E-state index in [1.807, 2.05) is 61.5 Å². The predicted octanol–water partition coefficient (Wildman–Crippen LogP) is 3.20. The minimum atomic E-state index is -0.270. The topological polar surface area (TPSA) is 44.4 Å². The highest BCUT2D eigenvalue weighted by molar-refractivity contribution is 5.89. The molecule has 0 aromatic heterocycles. The minimum Gasteiger partial charge on any atom is -0.322 e. The summed E-state index contributed by atoms with van der Waals surface area (Å²) >= 11 is 0. The Morgan fingerprint density at radius 2 is 1.57 bits per heavy atom. The van der Waals surface area contributed by atoms with E-state index in [0.29, 0.717) is 0 Å². The standard InChI is InChI=1S/C17H20N3O/c1-13(20(2)3)18-17(21)19-16-11-9-15(10-12-16)14-7-5-4-6-8-14/h4-13H,1H2,2-3H3,(H2,18,19,21). The van der Waals surface area contributed by atoms with E-state index in [4.69, 9.17) is 0 Å². The first-order valence-electron chi connectivity index (χ1n) is 6.79. The van der Waals surface area contributed by atoms with Gasteiger partial charge in [0.2, 0.25) is 0 Å². The number of hydrogen-bond acceptors (Lipinski definition) is 2. The van der Waals surface area contributed by atoms with Gasteiger partial charge in [-0.15, -0.1) is 0 Å². The smallest absolute Gasteiger partial charge is 0.320 e. The van der Waals surface area contributed by atoms with Gasteiger partial charge in [0.1, 0.15) is 0 Å². The van der Waals surface area contributed by atoms with Crippen molar-refractivity contribution >= 4 is 11.7 Å². The van der Waals surface area contributed by atoms with E-state index in [9.17, 15) is 4.79 Å². The first-order chi connectivity index (χ1) is 10.1. The van der Waals surface area contributed by atoms with Crippen LogP contribution in [-0.4, -0.2) is 31.2 Å². The van der Waals surface area contributed by atoms with E-state index in [2.05, 4.69) is 29.7 Å². The number of benzene rings is 2. The van der Waals surface area contributed by atoms with E-state index >= 15 is 0 Å². The molecule has 109 valence electrons. The Balaban J connectivity index is 1.98. The van der Waals surface area contributed by atoms with E-state index in [0.717, 1.165) is 16.8 Å². The van der Waals surface area contributed by atoms with Gasteiger partial charge in [0.05, 0.1) is 6.17 Å². The zero-order chi connectivity index (χ0) is 15.2. The summed E-state index contributed by atoms with van der Waals surface area (Å²) in [5, 5.41) is 5.53. The molecule has 0 aliphatic rings. The summed E-state index contributed by atoms with van der Waals surface area (Å²) in [6, 6.07) is 17.6. The number of nitrogens with one attached hydrogen (secondary N) is 2. The fourth-order valence-electron chi connectivity index (χ4n) is 1.82. The summed E-state index contributed by atoms with van der Waals surface area (Å²) in [5.74, 6) is 0. The normalized spacial score (nSPS) is 12.0. The Morgan fingerprint density at radius 3 is 2.14 bits per heavy atom. The highest BCUT2D eigenvalue weighted by Gasteiger charge is 2.08. The van der Waals surface area contributed by atoms with Crippen molar-refractivity contribution in [2.45, 2.75) is 6.17 Å². The van der Waals surface area contributed by atoms with Crippen molar-refractivity contribution in [3.05, 3.63) is 61.5 Å². The highest BCUT2D eigenvalue weighted by Crippen LogP contribution is 2.20. The van der Waals surface area contributed by atoms with E-state index in [1.165, 1.54) is 0 Å². The number of anilines is 1. The molecule has 0 saturated heterocycles. The van der Waals surface area contributed by atoms with Gasteiger partial charge in [0.25, 0.3) is 0 Å². The van der Waals surface area contributed by atoms with Gasteiger partial charge in [0, 0.05) is 5.69 Å². The molecule has 4 heteroatoms. The molecule has 2 amide bonds. The third-order valence-corrected chi connectivity index (χ3v) is 3.17. The summed E-state index contributed by atoms with van der Waals surface area (Å²) in [4.78, 5) is 13.6. The third kappa shape index (κ3) is 4.33. The Morgan fingerprint density at radius 1 is 1.00 bits per heavy atom. The van der Waals surface area contributed by atoms with Crippen LogP contribution in [-0.2, 0) is 0 Å². The molecule has 21 heavy (non-hydrogen) atoms. The summed E-state index contributed by atoms with van der Waals surface area (Å²) in [6.07, 6.45) is -0.270. The number of nitrogens with zero attached hydrogens (tertiary/aromatic N) is 1. The lowest BCUT2D eigenvalue weighted by atomic mass is 10.1. The predicted molar refractivity (Wildman–Crippen MR) is 86.9 cm³/mol. The molecule has 2 N–H and O–H groups in total. The molecule has 0 heterocycles. The van der Waals surface area contributed by atoms with Crippen molar-refractivity contribution < 1.29 is 4.79 Å². The Hall–Kier alpha value is -2.33. The van der Waals surface area contributed by atoms with Crippen LogP contribution in [0.3, 0.4) is 0 Å². The molecule has 2 aromatic rings. The van der Waals surface area contributed by atoms with Gasteiger partial charge in [-0.2, -0.15) is 0 Å². The molecule has 0 aliphatic carbocycles. The third-order valence-electron chi connectivity index (χ3n) is 3.17. The molecule has 2 aromatic carbocycles. The van der Waals surface area contributed by atoms with Crippen LogP contribution in [0.2, 0.25) is 0 Å². The van der Waals surface area contributed by atoms with Gasteiger partial charge < -0.3 is 10.6 Å². The highest BCUT2D eigenvalue weighted by atomic mass is 16.2. The van der Waals surface area contributed by atoms with Crippen LogP contribution in [0.15, 0.2) is 54.6 Å². The van der Waals surface area contributed by atoms with Crippen LogP contribution in [0.25, 0.3) is 11.1 Å². The quantitative estimate of drug-likeness (QED) is 0.846. The minimum absolute atomic E-state index is 0.267. The summed E-state index contributed by atoms with van der Waals surface area (Å²) in [5.41, 5.74) is 3.02. The molecule has 1 atom stereocenters. The number of carbonyl (C=O) groups is 1. The molecule has 0 aliphatic heterocycles. The molecular formula is C17H20N3O. The van der Waals surface area contributed by atoms with Crippen LogP contribution in [0, 0.1) is 6.92 Å². The molecule has 0 spiro atoms. The average molecular weight is 282 g/mol. The maximum Gasteiger partial charge on any atom is 0.320 e. The van der Waals surface area contributed by atoms with Crippen molar-refractivity contribution in [3.8, 4) is 11.1 Å². The Labute approximate surface area is 125 Å². The van der Waals surface area contributed by atoms with Gasteiger partial charge in [-0.25, -0.2) is 4.79 Å². The van der Waals surface area contributed by atoms with E-state index in [1.54, 1.807) is 0 Å². The monoisotopic (exact) mass is 282 g/mol. The molecule has 0 bridgehead atoms. The van der Waals surface area contributed by atoms with Crippen molar-refractivity contribution in [2.24, 2.45) is 0 Å². The lowest BCUT2D eigenvalue weighted by Gasteiger charge is -2.21. The van der Waals surface area contributed by atoms with Crippen LogP contribution < -0.4 is 10.6 Å². The van der Waals surface area contributed by atoms with Crippen LogP contribution in [0.1, 0.15) is 0 Å². The summed E-state index contributed by atoms with van der Waals surface area (Å²) in [6.45, 7) is 3.83. The zero-order valence-electron chi connectivity index (χ0n) is 12.3. The van der Waals surface area contributed by atoms with Crippen LogP contribution in [0.4, 0.5) is 10.5 Å².